The lowest BCUT2D eigenvalue weighted by Crippen LogP contribution is -2.30. The summed E-state index contributed by atoms with van der Waals surface area (Å²) in [5, 5.41) is 25.8. The van der Waals surface area contributed by atoms with Crippen molar-refractivity contribution in [2.45, 2.75) is 13.1 Å². The van der Waals surface area contributed by atoms with Crippen LogP contribution in [0.5, 0.6) is 0 Å². The van der Waals surface area contributed by atoms with Crippen molar-refractivity contribution in [1.82, 2.24) is 4.57 Å². The Bertz CT molecular complexity index is 1460. The van der Waals surface area contributed by atoms with E-state index in [1.165, 1.54) is 24.3 Å². The van der Waals surface area contributed by atoms with E-state index in [-0.39, 0.29) is 11.5 Å². The highest BCUT2D eigenvalue weighted by Gasteiger charge is 2.24. The summed E-state index contributed by atoms with van der Waals surface area (Å²) in [6.45, 7) is 1.29. The van der Waals surface area contributed by atoms with E-state index in [2.05, 4.69) is 16.7 Å². The van der Waals surface area contributed by atoms with E-state index in [0.717, 1.165) is 23.5 Å². The summed E-state index contributed by atoms with van der Waals surface area (Å²) >= 11 is 0. The molecule has 35 heavy (non-hydrogen) atoms. The first-order valence-electron chi connectivity index (χ1n) is 10.8. The molecular formula is C28H20N4O3. The number of hydrogen-bond donors (Lipinski definition) is 1. The molecule has 0 bridgehead atoms. The molecule has 0 saturated carbocycles. The Labute approximate surface area is 202 Å². The molecule has 5 rings (SSSR count). The first kappa shape index (κ1) is 23.0. The zero-order valence-corrected chi connectivity index (χ0v) is 18.6. The summed E-state index contributed by atoms with van der Waals surface area (Å²) in [4.78, 5) is 25.2. The van der Waals surface area contributed by atoms with Crippen LogP contribution >= 0.6 is 0 Å². The van der Waals surface area contributed by atoms with Crippen LogP contribution in [0.3, 0.4) is 0 Å². The van der Waals surface area contributed by atoms with Crippen LogP contribution < -0.4 is 4.90 Å². The molecule has 1 amide bonds. The van der Waals surface area contributed by atoms with Crippen molar-refractivity contribution in [3.05, 3.63) is 125 Å². The lowest BCUT2D eigenvalue weighted by molar-refractivity contribution is 0.0696. The number of para-hydroxylation sites is 1. The highest BCUT2D eigenvalue weighted by Crippen LogP contribution is 2.29. The van der Waals surface area contributed by atoms with Crippen molar-refractivity contribution in [2.24, 2.45) is 0 Å². The second kappa shape index (κ2) is 10.2. The molecule has 0 unspecified atom stereocenters. The van der Waals surface area contributed by atoms with E-state index in [9.17, 15) is 9.59 Å². The third-order valence-corrected chi connectivity index (χ3v) is 5.63. The van der Waals surface area contributed by atoms with Gasteiger partial charge in [-0.1, -0.05) is 18.2 Å². The van der Waals surface area contributed by atoms with Gasteiger partial charge in [0, 0.05) is 29.7 Å². The number of carboxylic acids is 1. The molecular weight excluding hydrogens is 440 g/mol. The van der Waals surface area contributed by atoms with Gasteiger partial charge in [0.25, 0.3) is 5.91 Å². The number of anilines is 1. The normalized spacial score (nSPS) is 11.4. The number of aromatic carboxylic acids is 1. The molecule has 4 aromatic rings. The van der Waals surface area contributed by atoms with Crippen LogP contribution in [-0.2, 0) is 13.1 Å². The number of benzene rings is 3. The average molecular weight is 460 g/mol. The molecule has 7 nitrogen and oxygen atoms in total. The van der Waals surface area contributed by atoms with E-state index in [1.807, 2.05) is 47.5 Å². The van der Waals surface area contributed by atoms with E-state index in [4.69, 9.17) is 15.6 Å². The lowest BCUT2D eigenvalue weighted by Gasteiger charge is -2.22. The minimum Gasteiger partial charge on any atom is -0.478 e. The van der Waals surface area contributed by atoms with Crippen LogP contribution in [0.4, 0.5) is 5.69 Å². The molecule has 0 spiro atoms. The van der Waals surface area contributed by atoms with Crippen LogP contribution in [0.15, 0.2) is 91.1 Å². The minimum absolute atomic E-state index is 0.0541. The Morgan fingerprint density at radius 2 is 1.34 bits per heavy atom. The highest BCUT2D eigenvalue weighted by molar-refractivity contribution is 6.06. The first-order chi connectivity index (χ1) is 17.0. The van der Waals surface area contributed by atoms with E-state index >= 15 is 0 Å². The van der Waals surface area contributed by atoms with Gasteiger partial charge in [0.1, 0.15) is 0 Å². The number of amides is 1. The Morgan fingerprint density at radius 1 is 0.743 bits per heavy atom. The second-order valence-electron chi connectivity index (χ2n) is 7.83. The Balaban J connectivity index is 0.000000221. The van der Waals surface area contributed by atoms with Crippen LogP contribution in [0.2, 0.25) is 0 Å². The zero-order chi connectivity index (χ0) is 24.8. The summed E-state index contributed by atoms with van der Waals surface area (Å²) in [5.41, 5.74) is 4.97. The van der Waals surface area contributed by atoms with Gasteiger partial charge in [-0.2, -0.15) is 10.5 Å². The molecule has 2 heterocycles. The average Bonchev–Trinajstić information content (AvgIpc) is 3.27. The van der Waals surface area contributed by atoms with Gasteiger partial charge in [0.05, 0.1) is 35.4 Å². The quantitative estimate of drug-likeness (QED) is 0.461. The van der Waals surface area contributed by atoms with Gasteiger partial charge < -0.3 is 14.6 Å². The van der Waals surface area contributed by atoms with E-state index in [1.54, 1.807) is 24.3 Å². The smallest absolute Gasteiger partial charge is 0.335 e. The number of nitrogens with zero attached hydrogens (tertiary/aromatic N) is 4. The molecule has 0 aliphatic carbocycles. The van der Waals surface area contributed by atoms with Crippen LogP contribution in [0, 0.1) is 22.7 Å². The molecule has 0 saturated heterocycles. The highest BCUT2D eigenvalue weighted by atomic mass is 16.4. The molecule has 0 radical (unpaired) electrons. The number of carbonyl (C=O) groups is 2. The van der Waals surface area contributed by atoms with Crippen LogP contribution in [0.1, 0.15) is 43.1 Å². The van der Waals surface area contributed by atoms with Crippen LogP contribution in [-0.4, -0.2) is 21.6 Å². The first-order valence-corrected chi connectivity index (χ1v) is 10.8. The molecule has 0 atom stereocenters. The van der Waals surface area contributed by atoms with Crippen molar-refractivity contribution in [1.29, 1.82) is 10.5 Å². The third-order valence-electron chi connectivity index (χ3n) is 5.63. The van der Waals surface area contributed by atoms with Crippen LogP contribution in [0.25, 0.3) is 0 Å². The topological polar surface area (TPSA) is 110 Å². The van der Waals surface area contributed by atoms with Gasteiger partial charge in [-0.25, -0.2) is 4.79 Å². The van der Waals surface area contributed by atoms with Gasteiger partial charge in [0.2, 0.25) is 0 Å². The SMILES string of the molecule is N#Cc1ccc(C(=O)N2Cc3cccn3Cc3ccccc32)cc1.N#Cc1ccc(C(=O)O)cc1. The second-order valence-corrected chi connectivity index (χ2v) is 7.83. The standard InChI is InChI=1S/C20H15N3O.C8H5NO2/c21-12-15-7-9-16(10-8-15)20(24)23-14-18-5-3-11-22(18)13-17-4-1-2-6-19(17)23;9-5-6-1-3-7(4-2-6)8(10)11/h1-11H,13-14H2;1-4H,(H,10,11). The maximum Gasteiger partial charge on any atom is 0.335 e. The lowest BCUT2D eigenvalue weighted by atomic mass is 10.1. The van der Waals surface area contributed by atoms with Crippen molar-refractivity contribution in [3.63, 3.8) is 0 Å². The molecule has 3 aromatic carbocycles. The number of carbonyl (C=O) groups excluding carboxylic acids is 1. The van der Waals surface area contributed by atoms with Crippen molar-refractivity contribution in [2.75, 3.05) is 4.90 Å². The molecule has 1 aromatic heterocycles. The molecule has 1 aliphatic heterocycles. The van der Waals surface area contributed by atoms with Crippen molar-refractivity contribution < 1.29 is 14.7 Å². The fourth-order valence-corrected chi connectivity index (χ4v) is 3.80. The fourth-order valence-electron chi connectivity index (χ4n) is 3.80. The van der Waals surface area contributed by atoms with E-state index < -0.39 is 5.97 Å². The van der Waals surface area contributed by atoms with Crippen molar-refractivity contribution >= 4 is 17.6 Å². The molecule has 170 valence electrons. The third kappa shape index (κ3) is 5.11. The van der Waals surface area contributed by atoms with Gasteiger partial charge in [-0.05, 0) is 72.3 Å². The minimum atomic E-state index is -0.977. The summed E-state index contributed by atoms with van der Waals surface area (Å²) in [6, 6.07) is 28.6. The number of nitriles is 2. The maximum absolute atomic E-state index is 13.1. The van der Waals surface area contributed by atoms with E-state index in [0.29, 0.717) is 23.2 Å². The predicted molar refractivity (Wildman–Crippen MR) is 130 cm³/mol. The zero-order valence-electron chi connectivity index (χ0n) is 18.6. The summed E-state index contributed by atoms with van der Waals surface area (Å²) in [5.74, 6) is -1.03. The number of rotatable bonds is 2. The monoisotopic (exact) mass is 460 g/mol. The Hall–Kier alpha value is -5.14. The Kier molecular flexibility index (Phi) is 6.71. The summed E-state index contributed by atoms with van der Waals surface area (Å²) in [7, 11) is 0. The number of aromatic nitrogens is 1. The molecule has 0 fully saturated rings. The summed E-state index contributed by atoms with van der Waals surface area (Å²) in [6.07, 6.45) is 2.04. The fraction of sp³-hybridized carbons (Fsp3) is 0.0714. The largest absolute Gasteiger partial charge is 0.478 e. The van der Waals surface area contributed by atoms with Gasteiger partial charge >= 0.3 is 5.97 Å². The molecule has 1 aliphatic rings. The molecule has 7 heteroatoms. The predicted octanol–water partition coefficient (Wildman–Crippen LogP) is 4.82. The Morgan fingerprint density at radius 3 is 1.94 bits per heavy atom. The maximum atomic E-state index is 13.1. The number of carboxylic acid groups (broad SMARTS) is 1. The van der Waals surface area contributed by atoms with Gasteiger partial charge in [-0.15, -0.1) is 0 Å². The molecule has 1 N–H and O–H groups in total. The number of hydrogen-bond acceptors (Lipinski definition) is 4. The van der Waals surface area contributed by atoms with Crippen molar-refractivity contribution in [3.8, 4) is 12.1 Å². The summed E-state index contributed by atoms with van der Waals surface area (Å²) < 4.78 is 2.17. The van der Waals surface area contributed by atoms with Gasteiger partial charge in [-0.3, -0.25) is 4.79 Å². The van der Waals surface area contributed by atoms with Gasteiger partial charge in [0.15, 0.2) is 0 Å². The number of fused-ring (bicyclic) bond motifs is 2.